The van der Waals surface area contributed by atoms with Crippen LogP contribution < -0.4 is 4.90 Å². The Labute approximate surface area is 432 Å². The first-order valence-electron chi connectivity index (χ1n) is 39.0. The summed E-state index contributed by atoms with van der Waals surface area (Å²) in [6, 6.07) is -45.0. The number of para-hydroxylation sites is 4. The normalized spacial score (nSPS) is 20.3. The van der Waals surface area contributed by atoms with Crippen LogP contribution in [0.15, 0.2) is 246 Å². The maximum atomic E-state index is 10.4. The third kappa shape index (κ3) is 6.12. The van der Waals surface area contributed by atoms with E-state index in [0.29, 0.717) is 4.57 Å². The topological polar surface area (TPSA) is 21.3 Å². The number of nitrogens with zero attached hydrogens (tertiary/aromatic N) is 2. The first-order chi connectivity index (χ1) is 48.9. The Hall–Kier alpha value is -8.66. The Kier molecular flexibility index (Phi) is 3.39. The van der Waals surface area contributed by atoms with E-state index in [9.17, 15) is 28.8 Å². The average Bonchev–Trinajstić information content (AvgIpc) is 1.59. The predicted molar refractivity (Wildman–Crippen MR) is 274 cm³/mol. The summed E-state index contributed by atoms with van der Waals surface area (Å²) < 4.78 is 376. The molecule has 0 saturated heterocycles. The molecule has 0 aliphatic heterocycles. The molecule has 2 heterocycles. The van der Waals surface area contributed by atoms with Gasteiger partial charge in [0.25, 0.3) is 0 Å². The van der Waals surface area contributed by atoms with E-state index in [1.807, 2.05) is 0 Å². The number of aromatic nitrogens is 1. The van der Waals surface area contributed by atoms with Crippen LogP contribution in [0, 0.1) is 0 Å². The van der Waals surface area contributed by atoms with Crippen LogP contribution in [0.3, 0.4) is 0 Å². The number of furan rings is 1. The van der Waals surface area contributed by atoms with Gasteiger partial charge in [0.2, 0.25) is 0 Å². The molecule has 0 aliphatic rings. The highest BCUT2D eigenvalue weighted by Crippen LogP contribution is 2.48. The lowest BCUT2D eigenvalue weighted by Gasteiger charge is -2.27. The van der Waals surface area contributed by atoms with Crippen molar-refractivity contribution < 1.29 is 59.2 Å². The summed E-state index contributed by atoms with van der Waals surface area (Å²) in [7, 11) is 0. The van der Waals surface area contributed by atoms with E-state index in [4.69, 9.17) is 30.5 Å². The third-order valence-corrected chi connectivity index (χ3v) is 10.2. The third-order valence-electron chi connectivity index (χ3n) is 10.2. The Morgan fingerprint density at radius 3 is 1.45 bits per heavy atom. The Morgan fingerprint density at radius 2 is 0.846 bits per heavy atom. The van der Waals surface area contributed by atoms with Gasteiger partial charge in [-0.1, -0.05) is 169 Å². The van der Waals surface area contributed by atoms with Gasteiger partial charge in [0.1, 0.15) is 11.2 Å². The zero-order valence-corrected chi connectivity index (χ0v) is 32.3. The lowest BCUT2D eigenvalue weighted by molar-refractivity contribution is 0.670. The van der Waals surface area contributed by atoms with Gasteiger partial charge in [0.15, 0.2) is 0 Å². The van der Waals surface area contributed by atoms with Crippen molar-refractivity contribution in [1.29, 1.82) is 0 Å². The van der Waals surface area contributed by atoms with Gasteiger partial charge >= 0.3 is 0 Å². The molecular weight excluding hydrogens is 789 g/mol. The Balaban J connectivity index is 1.27. The van der Waals surface area contributed by atoms with Crippen LogP contribution in [0.4, 0.5) is 17.1 Å². The quantitative estimate of drug-likeness (QED) is 0.159. The monoisotopic (exact) mass is 869 g/mol. The van der Waals surface area contributed by atoms with Crippen molar-refractivity contribution in [3.8, 4) is 39.1 Å². The summed E-state index contributed by atoms with van der Waals surface area (Å²) in [6.45, 7) is 0. The van der Waals surface area contributed by atoms with Crippen molar-refractivity contribution in [2.24, 2.45) is 0 Å². The first-order valence-corrected chi connectivity index (χ1v) is 19.0. The minimum Gasteiger partial charge on any atom is -0.455 e. The molecule has 0 N–H and O–H groups in total. The molecular formula is C62H40N2O. The van der Waals surface area contributed by atoms with E-state index in [1.165, 1.54) is 0 Å². The van der Waals surface area contributed by atoms with Crippen LogP contribution in [0.2, 0.25) is 0 Å². The lowest BCUT2D eigenvalue weighted by Crippen LogP contribution is -2.10. The number of anilines is 3. The molecule has 65 heavy (non-hydrogen) atoms. The molecule has 0 atom stereocenters. The molecule has 3 heteroatoms. The summed E-state index contributed by atoms with van der Waals surface area (Å²) in [5.74, 6) is 0. The van der Waals surface area contributed by atoms with E-state index >= 15 is 0 Å². The fourth-order valence-electron chi connectivity index (χ4n) is 7.34. The Morgan fingerprint density at radius 1 is 0.369 bits per heavy atom. The fraction of sp³-hybridized carbons (Fsp3) is 0. The molecule has 0 bridgehead atoms. The maximum absolute atomic E-state index is 10.4. The van der Waals surface area contributed by atoms with Crippen LogP contribution >= 0.6 is 0 Å². The highest BCUT2D eigenvalue weighted by atomic mass is 16.3. The maximum Gasteiger partial charge on any atom is 0.145 e. The molecule has 0 unspecified atom stereocenters. The first kappa shape index (κ1) is 14.7. The van der Waals surface area contributed by atoms with E-state index in [2.05, 4.69) is 0 Å². The van der Waals surface area contributed by atoms with Crippen LogP contribution in [-0.2, 0) is 0 Å². The number of rotatable bonds is 7. The zero-order valence-electron chi connectivity index (χ0n) is 72.3. The van der Waals surface area contributed by atoms with Gasteiger partial charge < -0.3 is 13.9 Å². The standard InChI is InChI=1S/C62H40N2O/c1-3-15-45-39-47(27-25-41(45)13-1)43-29-33-49(34-30-43)63(50-35-31-44(32-36-50)48-28-26-42-14-2-4-16-46(42)40-48)59-38-37-54(62-61(59)55-20-8-12-24-60(55)65-62)53-19-7-11-23-58(53)64-56-21-9-5-17-51(56)52-18-6-10-22-57(52)64/h1-40H/i1D,2D,3D,4D,5D,6D,7D,8D,9D,10D,11D,12D,13D,14D,15D,16D,17D,18D,19D,20D,21D,22D,23D,24D,25D,26D,27D,28D,29D,30D,31D,32D,33D,34D,35D,36D,37D,38D,39D,40D. The van der Waals surface area contributed by atoms with Crippen molar-refractivity contribution >= 4 is 82.4 Å². The molecule has 0 aliphatic carbocycles. The van der Waals surface area contributed by atoms with Gasteiger partial charge in [-0.2, -0.15) is 0 Å². The second kappa shape index (κ2) is 15.0. The molecule has 13 aromatic rings. The lowest BCUT2D eigenvalue weighted by atomic mass is 9.97. The van der Waals surface area contributed by atoms with Crippen LogP contribution in [0.5, 0.6) is 0 Å². The molecule has 304 valence electrons. The summed E-state index contributed by atoms with van der Waals surface area (Å²) in [5.41, 5.74) is -14.9. The van der Waals surface area contributed by atoms with E-state index < -0.39 is 363 Å². The zero-order chi connectivity index (χ0) is 77.7. The summed E-state index contributed by atoms with van der Waals surface area (Å²) in [4.78, 5) is 0.255. The molecule has 0 spiro atoms. The molecule has 0 radical (unpaired) electrons. The van der Waals surface area contributed by atoms with Crippen molar-refractivity contribution in [2.45, 2.75) is 0 Å². The molecule has 0 saturated carbocycles. The smallest absolute Gasteiger partial charge is 0.145 e. The average molecular weight is 869 g/mol. The van der Waals surface area contributed by atoms with Gasteiger partial charge in [0, 0.05) is 38.7 Å². The fourth-order valence-corrected chi connectivity index (χ4v) is 7.34. The molecule has 3 nitrogen and oxygen atoms in total. The van der Waals surface area contributed by atoms with Gasteiger partial charge in [0.05, 0.1) is 82.6 Å². The highest BCUT2D eigenvalue weighted by Gasteiger charge is 2.24. The number of fused-ring (bicyclic) bond motifs is 8. The molecule has 2 aromatic heterocycles. The van der Waals surface area contributed by atoms with Crippen molar-refractivity contribution in [1.82, 2.24) is 4.57 Å². The van der Waals surface area contributed by atoms with E-state index in [1.54, 1.807) is 0 Å². The summed E-state index contributed by atoms with van der Waals surface area (Å²) in [5, 5.41) is -6.07. The minimum atomic E-state index is -1.48. The molecule has 13 rings (SSSR count). The SMILES string of the molecule is [2H]c1c([2H])c([2H])c(-n2c3c([2H])c([2H])c([2H])c([2H])c3c3c([2H])c([2H])c([2H])c([2H])c32)c(-c2c([2H])c([2H])c(N(c3c([2H])c([2H])c(-c4c([2H])c([2H])c5c([2H])c([2H])c([2H])c([2H])c5c4[2H])c([2H])c3[2H])c3c([2H])c([2H])c(-c4c([2H])c([2H])c5c([2H])c([2H])c([2H])c([2H])c5c4[2H])c([2H])c3[2H])c3c2oc2c([2H])c([2H])c([2H])c([2H])c23)c1[2H]. The highest BCUT2D eigenvalue weighted by molar-refractivity contribution is 6.18. The molecule has 11 aromatic carbocycles. The van der Waals surface area contributed by atoms with Crippen LogP contribution in [0.25, 0.3) is 104 Å². The predicted octanol–water partition coefficient (Wildman–Crippen LogP) is 17.5. The second-order valence-electron chi connectivity index (χ2n) is 13.8. The van der Waals surface area contributed by atoms with Gasteiger partial charge in [-0.3, -0.25) is 0 Å². The number of hydrogen-bond acceptors (Lipinski definition) is 2. The van der Waals surface area contributed by atoms with Crippen LogP contribution in [0.1, 0.15) is 54.8 Å². The van der Waals surface area contributed by atoms with Crippen molar-refractivity contribution in [2.75, 3.05) is 4.90 Å². The minimum absolute atomic E-state index is 0.255. The number of benzene rings is 11. The largest absolute Gasteiger partial charge is 0.455 e. The Bertz CT molecular complexity index is 6030. The van der Waals surface area contributed by atoms with Gasteiger partial charge in [-0.05, 0) is 116 Å². The molecule has 0 fully saturated rings. The van der Waals surface area contributed by atoms with Gasteiger partial charge in [-0.25, -0.2) is 0 Å². The molecule has 0 amide bonds. The summed E-state index contributed by atoms with van der Waals surface area (Å²) in [6.07, 6.45) is 0. The van der Waals surface area contributed by atoms with Crippen LogP contribution in [-0.4, -0.2) is 4.57 Å². The van der Waals surface area contributed by atoms with E-state index in [0.717, 1.165) is 0 Å². The number of hydrogen-bond donors (Lipinski definition) is 0. The van der Waals surface area contributed by atoms with Gasteiger partial charge in [-0.15, -0.1) is 0 Å². The second-order valence-corrected chi connectivity index (χ2v) is 13.8. The van der Waals surface area contributed by atoms with Crippen molar-refractivity contribution in [3.05, 3.63) is 242 Å². The van der Waals surface area contributed by atoms with Crippen molar-refractivity contribution in [3.63, 3.8) is 0 Å². The van der Waals surface area contributed by atoms with E-state index in [-0.39, 0.29) is 4.90 Å². The summed E-state index contributed by atoms with van der Waals surface area (Å²) >= 11 is 0.